The van der Waals surface area contributed by atoms with E-state index in [2.05, 4.69) is 15.1 Å². The molecule has 0 aliphatic carbocycles. The maximum absolute atomic E-state index is 10.6. The highest BCUT2D eigenvalue weighted by molar-refractivity contribution is 6.29. The molecule has 6 nitrogen and oxygen atoms in total. The first-order valence-electron chi connectivity index (χ1n) is 5.34. The van der Waals surface area contributed by atoms with Crippen LogP contribution in [-0.2, 0) is 4.74 Å². The van der Waals surface area contributed by atoms with Gasteiger partial charge in [-0.2, -0.15) is 5.10 Å². The lowest BCUT2D eigenvalue weighted by molar-refractivity contribution is 0.0912. The number of ether oxygens (including phenoxy) is 1. The highest BCUT2D eigenvalue weighted by atomic mass is 35.5. The number of anilines is 1. The summed E-state index contributed by atoms with van der Waals surface area (Å²) < 4.78 is 4.96. The topological polar surface area (TPSA) is 81.3 Å². The number of carbonyl (C=O) groups excluding carboxylic acids is 1. The summed E-state index contributed by atoms with van der Waals surface area (Å²) in [5, 5.41) is 7.86. The Morgan fingerprint density at radius 2 is 2.24 bits per heavy atom. The van der Waals surface area contributed by atoms with Crippen LogP contribution in [0.1, 0.15) is 12.8 Å². The van der Waals surface area contributed by atoms with E-state index in [4.69, 9.17) is 22.1 Å². The summed E-state index contributed by atoms with van der Waals surface area (Å²) >= 11 is 5.78. The van der Waals surface area contributed by atoms with Crippen LogP contribution in [0.25, 0.3) is 0 Å². The van der Waals surface area contributed by atoms with E-state index >= 15 is 0 Å². The van der Waals surface area contributed by atoms with Crippen molar-refractivity contribution in [3.8, 4) is 0 Å². The van der Waals surface area contributed by atoms with Crippen LogP contribution in [-0.4, -0.2) is 35.5 Å². The zero-order chi connectivity index (χ0) is 12.3. The highest BCUT2D eigenvalue weighted by Crippen LogP contribution is 2.21. The van der Waals surface area contributed by atoms with Crippen molar-refractivity contribution < 1.29 is 9.53 Å². The van der Waals surface area contributed by atoms with Gasteiger partial charge >= 0.3 is 6.09 Å². The van der Waals surface area contributed by atoms with Crippen molar-refractivity contribution in [2.75, 3.05) is 18.0 Å². The van der Waals surface area contributed by atoms with Crippen molar-refractivity contribution in [2.24, 2.45) is 5.73 Å². The molecular formula is C10H13ClN4O2. The van der Waals surface area contributed by atoms with E-state index in [1.807, 2.05) is 0 Å². The molecule has 0 atom stereocenters. The number of hydrogen-bond acceptors (Lipinski definition) is 5. The van der Waals surface area contributed by atoms with Crippen LogP contribution in [0.4, 0.5) is 10.5 Å². The van der Waals surface area contributed by atoms with Gasteiger partial charge < -0.3 is 15.4 Å². The molecule has 1 saturated heterocycles. The minimum Gasteiger partial charge on any atom is -0.446 e. The Labute approximate surface area is 104 Å². The Bertz CT molecular complexity index is 407. The summed E-state index contributed by atoms with van der Waals surface area (Å²) in [7, 11) is 0. The molecule has 17 heavy (non-hydrogen) atoms. The Hall–Kier alpha value is -1.56. The Morgan fingerprint density at radius 3 is 2.82 bits per heavy atom. The number of piperidine rings is 1. The first kappa shape index (κ1) is 11.9. The van der Waals surface area contributed by atoms with Gasteiger partial charge in [0.1, 0.15) is 6.10 Å². The number of aromatic nitrogens is 2. The van der Waals surface area contributed by atoms with Gasteiger partial charge in [-0.05, 0) is 0 Å². The third-order valence-electron chi connectivity index (χ3n) is 2.70. The highest BCUT2D eigenvalue weighted by Gasteiger charge is 2.22. The molecule has 2 heterocycles. The Morgan fingerprint density at radius 1 is 1.53 bits per heavy atom. The predicted molar refractivity (Wildman–Crippen MR) is 62.9 cm³/mol. The van der Waals surface area contributed by atoms with Crippen LogP contribution in [0.5, 0.6) is 0 Å². The molecule has 1 aliphatic heterocycles. The molecule has 92 valence electrons. The molecule has 1 fully saturated rings. The number of halogens is 1. The fraction of sp³-hybridized carbons (Fsp3) is 0.500. The average molecular weight is 257 g/mol. The van der Waals surface area contributed by atoms with Gasteiger partial charge in [0.15, 0.2) is 5.15 Å². The van der Waals surface area contributed by atoms with Crippen molar-refractivity contribution in [2.45, 2.75) is 18.9 Å². The van der Waals surface area contributed by atoms with Gasteiger partial charge in [0.2, 0.25) is 0 Å². The van der Waals surface area contributed by atoms with Gasteiger partial charge in [0, 0.05) is 32.0 Å². The molecular weight excluding hydrogens is 244 g/mol. The largest absolute Gasteiger partial charge is 0.446 e. The average Bonchev–Trinajstić information content (AvgIpc) is 2.29. The van der Waals surface area contributed by atoms with E-state index < -0.39 is 6.09 Å². The molecule has 1 aromatic heterocycles. The standard InChI is InChI=1S/C10H13ClN4O2/c11-9-5-7(6-13-14-9)15-3-1-8(2-4-15)17-10(12)16/h5-6,8H,1-4H2,(H2,12,16). The maximum Gasteiger partial charge on any atom is 0.404 e. The molecule has 0 saturated carbocycles. The van der Waals surface area contributed by atoms with E-state index in [1.165, 1.54) is 0 Å². The molecule has 0 spiro atoms. The summed E-state index contributed by atoms with van der Waals surface area (Å²) in [6.45, 7) is 1.56. The molecule has 2 rings (SSSR count). The lowest BCUT2D eigenvalue weighted by Crippen LogP contribution is -2.38. The van der Waals surface area contributed by atoms with E-state index in [0.717, 1.165) is 31.6 Å². The lowest BCUT2D eigenvalue weighted by atomic mass is 10.1. The minimum absolute atomic E-state index is 0.0889. The smallest absolute Gasteiger partial charge is 0.404 e. The molecule has 0 bridgehead atoms. The summed E-state index contributed by atoms with van der Waals surface area (Å²) in [5.41, 5.74) is 5.91. The summed E-state index contributed by atoms with van der Waals surface area (Å²) in [6.07, 6.45) is 2.37. The second-order valence-corrected chi connectivity index (χ2v) is 4.25. The van der Waals surface area contributed by atoms with Gasteiger partial charge in [-0.25, -0.2) is 4.79 Å². The zero-order valence-electron chi connectivity index (χ0n) is 9.17. The van der Waals surface area contributed by atoms with Gasteiger partial charge in [-0.1, -0.05) is 11.6 Å². The van der Waals surface area contributed by atoms with Gasteiger partial charge in [0.05, 0.1) is 11.9 Å². The molecule has 7 heteroatoms. The van der Waals surface area contributed by atoms with Gasteiger partial charge in [-0.3, -0.25) is 0 Å². The second kappa shape index (κ2) is 5.18. The maximum atomic E-state index is 10.6. The van der Waals surface area contributed by atoms with Crippen LogP contribution in [0, 0.1) is 0 Å². The first-order chi connectivity index (χ1) is 8.15. The normalized spacial score (nSPS) is 16.9. The van der Waals surface area contributed by atoms with Crippen molar-refractivity contribution in [1.29, 1.82) is 0 Å². The minimum atomic E-state index is -0.711. The quantitative estimate of drug-likeness (QED) is 0.860. The summed E-state index contributed by atoms with van der Waals surface area (Å²) in [5.74, 6) is 0. The monoisotopic (exact) mass is 256 g/mol. The molecule has 1 aromatic rings. The number of nitrogens with two attached hydrogens (primary N) is 1. The Balaban J connectivity index is 1.93. The second-order valence-electron chi connectivity index (χ2n) is 3.86. The fourth-order valence-corrected chi connectivity index (χ4v) is 2.06. The third kappa shape index (κ3) is 3.20. The number of amides is 1. The molecule has 1 amide bonds. The molecule has 0 unspecified atom stereocenters. The number of hydrogen-bond donors (Lipinski definition) is 1. The van der Waals surface area contributed by atoms with Crippen LogP contribution >= 0.6 is 11.6 Å². The van der Waals surface area contributed by atoms with Crippen molar-refractivity contribution in [3.63, 3.8) is 0 Å². The van der Waals surface area contributed by atoms with Crippen LogP contribution in [0.15, 0.2) is 12.3 Å². The lowest BCUT2D eigenvalue weighted by Gasteiger charge is -2.32. The SMILES string of the molecule is NC(=O)OC1CCN(c2cnnc(Cl)c2)CC1. The summed E-state index contributed by atoms with van der Waals surface area (Å²) in [4.78, 5) is 12.7. The predicted octanol–water partition coefficient (Wildman–Crippen LogP) is 1.19. The van der Waals surface area contributed by atoms with Gasteiger partial charge in [-0.15, -0.1) is 5.10 Å². The van der Waals surface area contributed by atoms with Crippen molar-refractivity contribution in [1.82, 2.24) is 10.2 Å². The van der Waals surface area contributed by atoms with Crippen molar-refractivity contribution >= 4 is 23.4 Å². The van der Waals surface area contributed by atoms with Crippen LogP contribution < -0.4 is 10.6 Å². The van der Waals surface area contributed by atoms with Crippen LogP contribution in [0.2, 0.25) is 5.15 Å². The molecule has 1 aliphatic rings. The van der Waals surface area contributed by atoms with E-state index in [0.29, 0.717) is 5.15 Å². The van der Waals surface area contributed by atoms with Gasteiger partial charge in [0.25, 0.3) is 0 Å². The number of primary amides is 1. The van der Waals surface area contributed by atoms with Crippen molar-refractivity contribution in [3.05, 3.63) is 17.4 Å². The number of carbonyl (C=O) groups is 1. The van der Waals surface area contributed by atoms with E-state index in [9.17, 15) is 4.79 Å². The molecule has 0 radical (unpaired) electrons. The van der Waals surface area contributed by atoms with E-state index in [-0.39, 0.29) is 6.10 Å². The third-order valence-corrected chi connectivity index (χ3v) is 2.88. The van der Waals surface area contributed by atoms with E-state index in [1.54, 1.807) is 12.3 Å². The fourth-order valence-electron chi connectivity index (χ4n) is 1.90. The Kier molecular flexibility index (Phi) is 3.63. The molecule has 0 aromatic carbocycles. The number of rotatable bonds is 2. The van der Waals surface area contributed by atoms with Crippen LogP contribution in [0.3, 0.4) is 0 Å². The zero-order valence-corrected chi connectivity index (χ0v) is 9.93. The summed E-state index contributed by atoms with van der Waals surface area (Å²) in [6, 6.07) is 1.77. The first-order valence-corrected chi connectivity index (χ1v) is 5.72. The number of nitrogens with zero attached hydrogens (tertiary/aromatic N) is 3. The molecule has 2 N–H and O–H groups in total.